The topological polar surface area (TPSA) is 57.7 Å². The molecule has 33 heavy (non-hydrogen) atoms. The van der Waals surface area contributed by atoms with E-state index in [1.165, 1.54) is 0 Å². The Labute approximate surface area is 197 Å². The minimum atomic E-state index is 0.190. The van der Waals surface area contributed by atoms with Gasteiger partial charge in [0.05, 0.1) is 18.3 Å². The van der Waals surface area contributed by atoms with Crippen LogP contribution in [-0.4, -0.2) is 49.6 Å². The molecule has 1 amide bonds. The molecule has 1 unspecified atom stereocenters. The average molecular weight is 449 g/mol. The SMILES string of the molecule is CCC(=O)N(CCCC(C)Nc1cc(OC)cc2cccnc12)Cc1ccc(N(C)C)cc1. The van der Waals surface area contributed by atoms with E-state index in [0.29, 0.717) is 13.0 Å². The van der Waals surface area contributed by atoms with E-state index in [-0.39, 0.29) is 11.9 Å². The number of fused-ring (bicyclic) bond motifs is 1. The van der Waals surface area contributed by atoms with E-state index in [1.54, 1.807) is 7.11 Å². The van der Waals surface area contributed by atoms with Crippen molar-refractivity contribution in [1.29, 1.82) is 0 Å². The zero-order valence-electron chi connectivity index (χ0n) is 20.5. The number of aromatic nitrogens is 1. The molecule has 2 aromatic carbocycles. The van der Waals surface area contributed by atoms with Crippen LogP contribution in [0.4, 0.5) is 11.4 Å². The first kappa shape index (κ1) is 24.4. The van der Waals surface area contributed by atoms with Gasteiger partial charge >= 0.3 is 0 Å². The average Bonchev–Trinajstić information content (AvgIpc) is 2.83. The zero-order chi connectivity index (χ0) is 23.8. The first-order chi connectivity index (χ1) is 15.9. The number of hydrogen-bond donors (Lipinski definition) is 1. The fraction of sp³-hybridized carbons (Fsp3) is 0.407. The number of methoxy groups -OCH3 is 1. The van der Waals surface area contributed by atoms with E-state index in [1.807, 2.05) is 56.4 Å². The van der Waals surface area contributed by atoms with Crippen molar-refractivity contribution in [3.05, 3.63) is 60.3 Å². The molecule has 3 rings (SSSR count). The predicted octanol–water partition coefficient (Wildman–Crippen LogP) is 5.33. The second-order valence-electron chi connectivity index (χ2n) is 8.67. The number of carbonyl (C=O) groups is 1. The first-order valence-electron chi connectivity index (χ1n) is 11.6. The maximum Gasteiger partial charge on any atom is 0.222 e. The Kier molecular flexibility index (Phi) is 8.52. The van der Waals surface area contributed by atoms with Crippen molar-refractivity contribution in [1.82, 2.24) is 9.88 Å². The lowest BCUT2D eigenvalue weighted by Gasteiger charge is -2.24. The van der Waals surface area contributed by atoms with Crippen LogP contribution in [0.2, 0.25) is 0 Å². The highest BCUT2D eigenvalue weighted by Gasteiger charge is 2.14. The number of nitrogens with one attached hydrogen (secondary N) is 1. The van der Waals surface area contributed by atoms with Gasteiger partial charge in [-0.3, -0.25) is 9.78 Å². The molecule has 1 heterocycles. The Morgan fingerprint density at radius 2 is 1.91 bits per heavy atom. The quantitative estimate of drug-likeness (QED) is 0.430. The highest BCUT2D eigenvalue weighted by molar-refractivity contribution is 5.91. The molecule has 0 saturated carbocycles. The summed E-state index contributed by atoms with van der Waals surface area (Å²) in [7, 11) is 5.74. The highest BCUT2D eigenvalue weighted by atomic mass is 16.5. The number of pyridine rings is 1. The van der Waals surface area contributed by atoms with Crippen molar-refractivity contribution in [3.63, 3.8) is 0 Å². The molecule has 1 aromatic heterocycles. The molecule has 1 N–H and O–H groups in total. The largest absolute Gasteiger partial charge is 0.497 e. The normalized spacial score (nSPS) is 11.8. The smallest absolute Gasteiger partial charge is 0.222 e. The van der Waals surface area contributed by atoms with Crippen LogP contribution >= 0.6 is 0 Å². The molecule has 1 atom stereocenters. The lowest BCUT2D eigenvalue weighted by Crippen LogP contribution is -2.31. The Balaban J connectivity index is 1.60. The number of hydrogen-bond acceptors (Lipinski definition) is 5. The molecule has 3 aromatic rings. The number of carbonyl (C=O) groups excluding carboxylic acids is 1. The van der Waals surface area contributed by atoms with Crippen molar-refractivity contribution in [2.75, 3.05) is 38.0 Å². The summed E-state index contributed by atoms with van der Waals surface area (Å²) in [5, 5.41) is 4.64. The predicted molar refractivity (Wildman–Crippen MR) is 137 cm³/mol. The maximum atomic E-state index is 12.6. The summed E-state index contributed by atoms with van der Waals surface area (Å²) >= 11 is 0. The van der Waals surface area contributed by atoms with Crippen LogP contribution in [-0.2, 0) is 11.3 Å². The summed E-state index contributed by atoms with van der Waals surface area (Å²) in [6.45, 7) is 5.48. The highest BCUT2D eigenvalue weighted by Crippen LogP contribution is 2.28. The standard InChI is InChI=1S/C27H36N4O2/c1-6-26(32)31(19-21-11-13-23(14-12-21)30(3)4)16-8-9-20(2)29-25-18-24(33-5)17-22-10-7-15-28-27(22)25/h7,10-15,17-18,20,29H,6,8-9,16,19H2,1-5H3. The molecule has 0 aliphatic carbocycles. The maximum absolute atomic E-state index is 12.6. The second-order valence-corrected chi connectivity index (χ2v) is 8.67. The van der Waals surface area contributed by atoms with Crippen molar-refractivity contribution in [3.8, 4) is 5.75 Å². The monoisotopic (exact) mass is 448 g/mol. The third-order valence-corrected chi connectivity index (χ3v) is 5.86. The van der Waals surface area contributed by atoms with E-state index in [0.717, 1.165) is 53.0 Å². The Hall–Kier alpha value is -3.28. The van der Waals surface area contributed by atoms with Gasteiger partial charge in [-0.2, -0.15) is 0 Å². The number of ether oxygens (including phenoxy) is 1. The number of rotatable bonds is 11. The summed E-state index contributed by atoms with van der Waals surface area (Å²) in [6, 6.07) is 16.6. The van der Waals surface area contributed by atoms with Gasteiger partial charge in [-0.05, 0) is 49.6 Å². The van der Waals surface area contributed by atoms with E-state index >= 15 is 0 Å². The van der Waals surface area contributed by atoms with Crippen LogP contribution in [0.1, 0.15) is 38.7 Å². The van der Waals surface area contributed by atoms with E-state index < -0.39 is 0 Å². The van der Waals surface area contributed by atoms with Gasteiger partial charge in [0.2, 0.25) is 5.91 Å². The van der Waals surface area contributed by atoms with Crippen molar-refractivity contribution < 1.29 is 9.53 Å². The molecule has 6 heteroatoms. The Morgan fingerprint density at radius 1 is 1.15 bits per heavy atom. The molecule has 0 aliphatic rings. The van der Waals surface area contributed by atoms with Gasteiger partial charge in [0.15, 0.2) is 0 Å². The summed E-state index contributed by atoms with van der Waals surface area (Å²) in [5.41, 5.74) is 4.23. The molecule has 0 radical (unpaired) electrons. The first-order valence-corrected chi connectivity index (χ1v) is 11.6. The third-order valence-electron chi connectivity index (χ3n) is 5.86. The molecule has 176 valence electrons. The number of amides is 1. The Morgan fingerprint density at radius 3 is 2.58 bits per heavy atom. The van der Waals surface area contributed by atoms with Crippen LogP contribution in [0.5, 0.6) is 5.75 Å². The number of anilines is 2. The van der Waals surface area contributed by atoms with Crippen LogP contribution in [0, 0.1) is 0 Å². The van der Waals surface area contributed by atoms with Gasteiger partial charge in [0.25, 0.3) is 0 Å². The fourth-order valence-corrected chi connectivity index (χ4v) is 3.95. The van der Waals surface area contributed by atoms with Crippen molar-refractivity contribution in [2.24, 2.45) is 0 Å². The van der Waals surface area contributed by atoms with Gasteiger partial charge in [-0.1, -0.05) is 25.1 Å². The van der Waals surface area contributed by atoms with Gasteiger partial charge in [-0.15, -0.1) is 0 Å². The molecular formula is C27H36N4O2. The number of benzene rings is 2. The molecule has 0 spiro atoms. The molecule has 0 fully saturated rings. The Bertz CT molecular complexity index is 1050. The lowest BCUT2D eigenvalue weighted by atomic mass is 10.1. The molecular weight excluding hydrogens is 412 g/mol. The van der Waals surface area contributed by atoms with Crippen LogP contribution in [0.15, 0.2) is 54.7 Å². The third kappa shape index (κ3) is 6.60. The molecule has 0 saturated heterocycles. The van der Waals surface area contributed by atoms with Crippen LogP contribution in [0.3, 0.4) is 0 Å². The summed E-state index contributed by atoms with van der Waals surface area (Å²) in [6.07, 6.45) is 4.19. The fourth-order valence-electron chi connectivity index (χ4n) is 3.95. The summed E-state index contributed by atoms with van der Waals surface area (Å²) in [4.78, 5) is 21.1. The minimum Gasteiger partial charge on any atom is -0.497 e. The van der Waals surface area contributed by atoms with Crippen molar-refractivity contribution in [2.45, 2.75) is 45.7 Å². The second kappa shape index (κ2) is 11.5. The molecule has 0 aliphatic heterocycles. The van der Waals surface area contributed by atoms with Gasteiger partial charge in [0, 0.05) is 63.0 Å². The van der Waals surface area contributed by atoms with Crippen LogP contribution in [0.25, 0.3) is 10.9 Å². The van der Waals surface area contributed by atoms with E-state index in [9.17, 15) is 4.79 Å². The van der Waals surface area contributed by atoms with Crippen LogP contribution < -0.4 is 15.0 Å². The molecule has 6 nitrogen and oxygen atoms in total. The van der Waals surface area contributed by atoms with E-state index in [4.69, 9.17) is 4.74 Å². The van der Waals surface area contributed by atoms with Crippen molar-refractivity contribution >= 4 is 28.2 Å². The van der Waals surface area contributed by atoms with Gasteiger partial charge in [0.1, 0.15) is 5.75 Å². The van der Waals surface area contributed by atoms with E-state index in [2.05, 4.69) is 46.4 Å². The molecule has 0 bridgehead atoms. The van der Waals surface area contributed by atoms with Gasteiger partial charge in [-0.25, -0.2) is 0 Å². The minimum absolute atomic E-state index is 0.190. The zero-order valence-corrected chi connectivity index (χ0v) is 20.5. The summed E-state index contributed by atoms with van der Waals surface area (Å²) < 4.78 is 5.46. The number of nitrogens with zero attached hydrogens (tertiary/aromatic N) is 3. The summed E-state index contributed by atoms with van der Waals surface area (Å²) in [5.74, 6) is 1.00. The van der Waals surface area contributed by atoms with Gasteiger partial charge < -0.3 is 19.9 Å². The lowest BCUT2D eigenvalue weighted by molar-refractivity contribution is -0.131.